The molecule has 0 amide bonds. The molecule has 0 saturated carbocycles. The second kappa shape index (κ2) is 14.8. The van der Waals surface area contributed by atoms with E-state index in [1.165, 1.54) is 30.0 Å². The molecular weight excluding hydrogens is 575 g/mol. The van der Waals surface area contributed by atoms with Crippen LogP contribution >= 0.6 is 35.0 Å². The third-order valence-electron chi connectivity index (χ3n) is 6.37. The summed E-state index contributed by atoms with van der Waals surface area (Å²) in [7, 11) is 1.56. The van der Waals surface area contributed by atoms with Gasteiger partial charge in [0.2, 0.25) is 0 Å². The Labute approximate surface area is 249 Å². The summed E-state index contributed by atoms with van der Waals surface area (Å²) >= 11 is 13.9. The number of ether oxygens (including phenoxy) is 1. The highest BCUT2D eigenvalue weighted by Crippen LogP contribution is 2.42. The Morgan fingerprint density at radius 3 is 2.23 bits per heavy atom. The predicted molar refractivity (Wildman–Crippen MR) is 164 cm³/mol. The fourth-order valence-corrected chi connectivity index (χ4v) is 5.92. The molecule has 0 aliphatic heterocycles. The molecule has 3 aromatic carbocycles. The number of halogens is 4. The van der Waals surface area contributed by atoms with E-state index in [4.69, 9.17) is 27.9 Å². The number of thioether (sulfide) groups is 1. The number of aromatic carboxylic acids is 1. The van der Waals surface area contributed by atoms with Crippen molar-refractivity contribution in [2.45, 2.75) is 58.1 Å². The van der Waals surface area contributed by atoms with E-state index in [-0.39, 0.29) is 33.1 Å². The number of anilines is 1. The molecule has 0 saturated heterocycles. The first-order chi connectivity index (χ1) is 18.9. The van der Waals surface area contributed by atoms with Gasteiger partial charge in [0.15, 0.2) is 0 Å². The third-order valence-corrected chi connectivity index (χ3v) is 8.17. The minimum Gasteiger partial charge on any atom is -0.495 e. The summed E-state index contributed by atoms with van der Waals surface area (Å²) in [6.07, 6.45) is 2.00. The van der Waals surface area contributed by atoms with Gasteiger partial charge < -0.3 is 14.7 Å². The van der Waals surface area contributed by atoms with E-state index in [2.05, 4.69) is 18.7 Å². The van der Waals surface area contributed by atoms with Gasteiger partial charge >= 0.3 is 5.97 Å². The number of methoxy groups -OCH3 is 1. The van der Waals surface area contributed by atoms with Crippen molar-refractivity contribution in [2.24, 2.45) is 0 Å². The second-order valence-corrected chi connectivity index (χ2v) is 11.2. The normalized spacial score (nSPS) is 12.3. The molecule has 1 N–H and O–H groups in total. The average Bonchev–Trinajstić information content (AvgIpc) is 2.92. The van der Waals surface area contributed by atoms with E-state index in [0.29, 0.717) is 10.8 Å². The molecule has 9 heteroatoms. The van der Waals surface area contributed by atoms with Gasteiger partial charge in [-0.25, -0.2) is 13.6 Å². The summed E-state index contributed by atoms with van der Waals surface area (Å²) in [5.41, 5.74) is 2.09. The number of allylic oxidation sites excluding steroid dienone is 2. The van der Waals surface area contributed by atoms with Crippen LogP contribution in [0.5, 0.6) is 5.75 Å². The zero-order valence-corrected chi connectivity index (χ0v) is 26.0. The smallest absolute Gasteiger partial charge is 0.335 e. The van der Waals surface area contributed by atoms with Crippen molar-refractivity contribution in [3.05, 3.63) is 105 Å². The summed E-state index contributed by atoms with van der Waals surface area (Å²) in [5.74, 6) is -1.54. The molecule has 1 unspecified atom stereocenters. The first-order valence-electron chi connectivity index (χ1n) is 12.8. The Balaban J connectivity index is 0.00000274. The monoisotopic (exact) mass is 609 g/mol. The molecule has 0 radical (unpaired) electrons. The number of benzene rings is 3. The van der Waals surface area contributed by atoms with Gasteiger partial charge in [-0.15, -0.1) is 11.8 Å². The molecule has 0 aromatic heterocycles. The van der Waals surface area contributed by atoms with Crippen LogP contribution in [0, 0.1) is 11.6 Å². The third kappa shape index (κ3) is 7.71. The second-order valence-electron chi connectivity index (χ2n) is 9.13. The number of carboxylic acids is 1. The first-order valence-corrected chi connectivity index (χ1v) is 14.6. The van der Waals surface area contributed by atoms with Crippen LogP contribution in [0.3, 0.4) is 0 Å². The minimum atomic E-state index is -1.25. The lowest BCUT2D eigenvalue weighted by molar-refractivity contribution is 0.0696. The molecular formula is C31H35Cl2F2NO3S. The Bertz CT molecular complexity index is 1320. The Hall–Kier alpha value is -2.74. The number of carboxylic acid groups (broad SMARTS) is 1. The van der Waals surface area contributed by atoms with Crippen LogP contribution < -0.4 is 9.64 Å². The highest BCUT2D eigenvalue weighted by atomic mass is 35.5. The summed E-state index contributed by atoms with van der Waals surface area (Å²) in [4.78, 5) is 13.3. The summed E-state index contributed by atoms with van der Waals surface area (Å²) in [6.45, 7) is 12.0. The number of hydrogen-bond acceptors (Lipinski definition) is 4. The number of hydrogen-bond donors (Lipinski definition) is 1. The predicted octanol–water partition coefficient (Wildman–Crippen LogP) is 9.97. The molecule has 1 atom stereocenters. The Morgan fingerprint density at radius 1 is 1.07 bits per heavy atom. The molecule has 0 aliphatic rings. The number of carbonyl (C=O) groups is 1. The van der Waals surface area contributed by atoms with Gasteiger partial charge in [0.05, 0.1) is 23.1 Å². The van der Waals surface area contributed by atoms with Crippen LogP contribution in [0.2, 0.25) is 10.0 Å². The van der Waals surface area contributed by atoms with Gasteiger partial charge in [-0.1, -0.05) is 63.0 Å². The lowest BCUT2D eigenvalue weighted by Gasteiger charge is -2.41. The maximum absolute atomic E-state index is 14.8. The molecule has 0 fully saturated rings. The van der Waals surface area contributed by atoms with Gasteiger partial charge in [0.1, 0.15) is 17.4 Å². The lowest BCUT2D eigenvalue weighted by Crippen LogP contribution is -2.39. The summed E-state index contributed by atoms with van der Waals surface area (Å²) < 4.78 is 34.1. The molecule has 40 heavy (non-hydrogen) atoms. The minimum absolute atomic E-state index is 0.0512. The highest BCUT2D eigenvalue weighted by molar-refractivity contribution is 7.99. The maximum Gasteiger partial charge on any atom is 0.335 e. The molecule has 0 bridgehead atoms. The number of nitrogens with zero attached hydrogens (tertiary/aromatic N) is 1. The van der Waals surface area contributed by atoms with Gasteiger partial charge in [0, 0.05) is 33.1 Å². The maximum atomic E-state index is 14.8. The standard InChI is InChI=1S/C29H29Cl2F2NO3S.C2H6/c1-6-27(29(3,4)19-7-12-23(30)26(15-19)37-5)34(21-10-8-20(32)9-11-21)17(2)38-16-22-24(31)13-18(28(35)36)14-25(22)33;1-2/h6-15,17H,16H2,1-5H3,(H,35,36);1-2H3/b27-6-;. The van der Waals surface area contributed by atoms with Crippen LogP contribution in [0.4, 0.5) is 14.5 Å². The fourth-order valence-electron chi connectivity index (χ4n) is 4.29. The van der Waals surface area contributed by atoms with Gasteiger partial charge in [0.25, 0.3) is 0 Å². The van der Waals surface area contributed by atoms with E-state index < -0.39 is 17.2 Å². The molecule has 216 valence electrons. The van der Waals surface area contributed by atoms with Gasteiger partial charge in [-0.2, -0.15) is 0 Å². The average molecular weight is 611 g/mol. The van der Waals surface area contributed by atoms with Crippen LogP contribution in [0.15, 0.2) is 66.4 Å². The van der Waals surface area contributed by atoms with Crippen molar-refractivity contribution in [3.8, 4) is 5.75 Å². The van der Waals surface area contributed by atoms with E-state index in [0.717, 1.165) is 23.0 Å². The van der Waals surface area contributed by atoms with Crippen LogP contribution in [-0.4, -0.2) is 23.6 Å². The summed E-state index contributed by atoms with van der Waals surface area (Å²) in [5, 5.41) is 9.48. The van der Waals surface area contributed by atoms with Gasteiger partial charge in [-0.3, -0.25) is 0 Å². The van der Waals surface area contributed by atoms with Crippen LogP contribution in [0.1, 0.15) is 63.0 Å². The Morgan fingerprint density at radius 2 is 1.70 bits per heavy atom. The van der Waals surface area contributed by atoms with E-state index in [1.807, 2.05) is 45.9 Å². The topological polar surface area (TPSA) is 49.8 Å². The SMILES string of the molecule is C/C=C(\N(c1ccc(F)cc1)C(C)SCc1c(F)cc(C(=O)O)cc1Cl)C(C)(C)c1ccc(Cl)c(OC)c1.CC. The van der Waals surface area contributed by atoms with Crippen molar-refractivity contribution in [2.75, 3.05) is 12.0 Å². The molecule has 4 nitrogen and oxygen atoms in total. The quantitative estimate of drug-likeness (QED) is 0.232. The van der Waals surface area contributed by atoms with Crippen molar-refractivity contribution < 1.29 is 23.4 Å². The number of rotatable bonds is 10. The van der Waals surface area contributed by atoms with Crippen molar-refractivity contribution in [3.63, 3.8) is 0 Å². The van der Waals surface area contributed by atoms with Crippen LogP contribution in [-0.2, 0) is 11.2 Å². The van der Waals surface area contributed by atoms with Gasteiger partial charge in [-0.05, 0) is 67.9 Å². The fraction of sp³-hybridized carbons (Fsp3) is 0.323. The van der Waals surface area contributed by atoms with Crippen molar-refractivity contribution in [1.82, 2.24) is 0 Å². The highest BCUT2D eigenvalue weighted by Gasteiger charge is 2.33. The molecule has 3 aromatic rings. The van der Waals surface area contributed by atoms with E-state index >= 15 is 0 Å². The molecule has 0 heterocycles. The van der Waals surface area contributed by atoms with Crippen molar-refractivity contribution in [1.29, 1.82) is 0 Å². The zero-order chi connectivity index (χ0) is 30.2. The molecule has 3 rings (SSSR count). The zero-order valence-electron chi connectivity index (χ0n) is 23.7. The van der Waals surface area contributed by atoms with Crippen molar-refractivity contribution >= 4 is 46.6 Å². The Kier molecular flexibility index (Phi) is 12.4. The van der Waals surface area contributed by atoms with E-state index in [1.54, 1.807) is 25.3 Å². The van der Waals surface area contributed by atoms with E-state index in [9.17, 15) is 18.7 Å². The van der Waals surface area contributed by atoms with Crippen LogP contribution in [0.25, 0.3) is 0 Å². The lowest BCUT2D eigenvalue weighted by atomic mass is 9.80. The molecule has 0 aliphatic carbocycles. The molecule has 0 spiro atoms. The summed E-state index contributed by atoms with van der Waals surface area (Å²) in [6, 6.07) is 14.0. The first kappa shape index (κ1) is 33.5. The largest absolute Gasteiger partial charge is 0.495 e.